The second kappa shape index (κ2) is 19.8. The lowest BCUT2D eigenvalue weighted by Gasteiger charge is -2.30. The third-order valence-electron chi connectivity index (χ3n) is 15.7. The summed E-state index contributed by atoms with van der Waals surface area (Å²) in [5.74, 6) is 0. The normalized spacial score (nSPS) is 11.9. The molecule has 12 aromatic carbocycles. The summed E-state index contributed by atoms with van der Waals surface area (Å²) in [5.41, 5.74) is 20.3. The Hall–Kier alpha value is -9.44. The molecule has 0 aliphatic carbocycles. The number of para-hydroxylation sites is 3. The van der Waals surface area contributed by atoms with Crippen molar-refractivity contribution in [3.8, 4) is 44.5 Å². The average molecular weight is 1020 g/mol. The van der Waals surface area contributed by atoms with Gasteiger partial charge in [-0.1, -0.05) is 230 Å². The van der Waals surface area contributed by atoms with Crippen molar-refractivity contribution in [2.75, 3.05) is 9.80 Å². The van der Waals surface area contributed by atoms with E-state index in [2.05, 4.69) is 318 Å². The summed E-state index contributed by atoms with van der Waals surface area (Å²) < 4.78 is 6.93. The van der Waals surface area contributed by atoms with Crippen LogP contribution in [0, 0.1) is 0 Å². The molecule has 0 fully saturated rings. The third kappa shape index (κ3) is 9.42. The Bertz CT molecular complexity index is 4350. The average Bonchev–Trinajstić information content (AvgIpc) is 4.08. The standard InChI is InChI=1S/C76H62N2O/c1-75(2,3)60-37-29-54(30-38-60)66-24-13-16-26-70(66)77(62-41-33-52(34-42-62)51-19-9-7-10-20-51)63-43-35-56-47-68-69-48-57-36-44-64(46-59(57)50-74(69)79-73(68)49-58(56)45-63)78(71-27-17-14-23-65(71)53-21-11-8-12-22-53)72-28-18-15-25-67(72)55-31-39-61(40-32-55)76(4,5)6/h7-50H,1-6H3. The van der Waals surface area contributed by atoms with Gasteiger partial charge in [0.25, 0.3) is 0 Å². The molecule has 0 saturated heterocycles. The minimum Gasteiger partial charge on any atom is -0.456 e. The summed E-state index contributed by atoms with van der Waals surface area (Å²) >= 11 is 0. The number of hydrogen-bond donors (Lipinski definition) is 0. The quantitative estimate of drug-likeness (QED) is 0.136. The van der Waals surface area contributed by atoms with Crippen LogP contribution in [0.3, 0.4) is 0 Å². The molecule has 0 saturated carbocycles. The van der Waals surface area contributed by atoms with E-state index in [9.17, 15) is 0 Å². The van der Waals surface area contributed by atoms with Crippen LogP contribution in [-0.2, 0) is 10.8 Å². The van der Waals surface area contributed by atoms with Crippen molar-refractivity contribution >= 4 is 77.6 Å². The number of fused-ring (bicyclic) bond motifs is 5. The van der Waals surface area contributed by atoms with Crippen molar-refractivity contribution in [2.45, 2.75) is 52.4 Å². The van der Waals surface area contributed by atoms with Crippen molar-refractivity contribution in [3.63, 3.8) is 0 Å². The van der Waals surface area contributed by atoms with E-state index >= 15 is 0 Å². The molecular weight excluding hydrogens is 957 g/mol. The van der Waals surface area contributed by atoms with Gasteiger partial charge in [0, 0.05) is 44.5 Å². The molecule has 13 rings (SSSR count). The summed E-state index contributed by atoms with van der Waals surface area (Å²) in [4.78, 5) is 4.83. The zero-order valence-electron chi connectivity index (χ0n) is 45.7. The maximum atomic E-state index is 6.93. The van der Waals surface area contributed by atoms with Gasteiger partial charge in [-0.2, -0.15) is 0 Å². The molecule has 3 nitrogen and oxygen atoms in total. The van der Waals surface area contributed by atoms with Crippen LogP contribution in [0.1, 0.15) is 52.7 Å². The van der Waals surface area contributed by atoms with Crippen LogP contribution in [-0.4, -0.2) is 0 Å². The van der Waals surface area contributed by atoms with Crippen molar-refractivity contribution in [3.05, 3.63) is 278 Å². The van der Waals surface area contributed by atoms with Gasteiger partial charge in [0.05, 0.1) is 17.1 Å². The topological polar surface area (TPSA) is 19.6 Å². The lowest BCUT2D eigenvalue weighted by molar-refractivity contribution is 0.590. The SMILES string of the molecule is CC(C)(C)c1ccc(-c2ccccc2N(c2ccc(-c3ccccc3)cc2)c2ccc3cc4c(cc3c2)oc2cc3cc(N(c5ccccc5-c5ccccc5)c5ccccc5-c5ccc(C(C)(C)C)cc5)ccc3cc24)cc1. The first-order chi connectivity index (χ1) is 38.4. The minimum absolute atomic E-state index is 0.0546. The van der Waals surface area contributed by atoms with E-state index in [1.54, 1.807) is 0 Å². The molecule has 3 heteroatoms. The first kappa shape index (κ1) is 49.2. The molecule has 1 heterocycles. The zero-order chi connectivity index (χ0) is 53.8. The van der Waals surface area contributed by atoms with Crippen molar-refractivity contribution in [2.24, 2.45) is 0 Å². The number of hydrogen-bond acceptors (Lipinski definition) is 3. The van der Waals surface area contributed by atoms with Gasteiger partial charge in [0.15, 0.2) is 0 Å². The van der Waals surface area contributed by atoms with Gasteiger partial charge in [0.1, 0.15) is 11.2 Å². The van der Waals surface area contributed by atoms with Crippen molar-refractivity contribution < 1.29 is 4.42 Å². The van der Waals surface area contributed by atoms with Gasteiger partial charge in [0.2, 0.25) is 0 Å². The fraction of sp³-hybridized carbons (Fsp3) is 0.105. The van der Waals surface area contributed by atoms with Gasteiger partial charge in [-0.3, -0.25) is 0 Å². The number of furan rings is 1. The molecule has 13 aromatic rings. The maximum absolute atomic E-state index is 6.93. The molecule has 0 atom stereocenters. The van der Waals surface area contributed by atoms with E-state index in [1.165, 1.54) is 33.4 Å². The highest BCUT2D eigenvalue weighted by molar-refractivity contribution is 6.14. The molecule has 0 N–H and O–H groups in total. The highest BCUT2D eigenvalue weighted by Gasteiger charge is 2.24. The van der Waals surface area contributed by atoms with Crippen molar-refractivity contribution in [1.29, 1.82) is 0 Å². The molecule has 0 amide bonds. The predicted molar refractivity (Wildman–Crippen MR) is 337 cm³/mol. The summed E-state index contributed by atoms with van der Waals surface area (Å²) in [7, 11) is 0. The molecule has 0 spiro atoms. The first-order valence-corrected chi connectivity index (χ1v) is 27.6. The Labute approximate surface area is 464 Å². The Balaban J connectivity index is 0.924. The van der Waals surface area contributed by atoms with Gasteiger partial charge in [-0.15, -0.1) is 0 Å². The molecule has 1 aromatic heterocycles. The van der Waals surface area contributed by atoms with Crippen LogP contribution in [0.25, 0.3) is 88.0 Å². The lowest BCUT2D eigenvalue weighted by atomic mass is 9.86. The molecule has 0 bridgehead atoms. The largest absolute Gasteiger partial charge is 0.456 e. The molecule has 79 heavy (non-hydrogen) atoms. The highest BCUT2D eigenvalue weighted by Crippen LogP contribution is 2.47. The van der Waals surface area contributed by atoms with Crippen LogP contribution >= 0.6 is 0 Å². The van der Waals surface area contributed by atoms with Gasteiger partial charge >= 0.3 is 0 Å². The van der Waals surface area contributed by atoms with Crippen LogP contribution in [0.2, 0.25) is 0 Å². The van der Waals surface area contributed by atoms with Crippen LogP contribution < -0.4 is 9.80 Å². The Morgan fingerprint density at radius 2 is 0.608 bits per heavy atom. The molecular formula is C76H62N2O. The van der Waals surface area contributed by atoms with E-state index in [1.807, 2.05) is 0 Å². The predicted octanol–water partition coefficient (Wildman–Crippen LogP) is 22.1. The van der Waals surface area contributed by atoms with E-state index < -0.39 is 0 Å². The number of nitrogens with zero attached hydrogens (tertiary/aromatic N) is 2. The summed E-state index contributed by atoms with van der Waals surface area (Å²) in [6.45, 7) is 13.6. The first-order valence-electron chi connectivity index (χ1n) is 27.6. The van der Waals surface area contributed by atoms with Crippen molar-refractivity contribution in [1.82, 2.24) is 0 Å². The fourth-order valence-corrected chi connectivity index (χ4v) is 11.4. The molecule has 0 aliphatic rings. The summed E-state index contributed by atoms with van der Waals surface area (Å²) in [5, 5.41) is 6.71. The van der Waals surface area contributed by atoms with E-state index in [4.69, 9.17) is 4.42 Å². The summed E-state index contributed by atoms with van der Waals surface area (Å²) in [6, 6.07) is 97.6. The van der Waals surface area contributed by atoms with Gasteiger partial charge < -0.3 is 14.2 Å². The van der Waals surface area contributed by atoms with Crippen LogP contribution in [0.15, 0.2) is 271 Å². The molecule has 382 valence electrons. The van der Waals surface area contributed by atoms with E-state index in [-0.39, 0.29) is 10.8 Å². The minimum atomic E-state index is 0.0546. The number of benzene rings is 12. The Morgan fingerprint density at radius 3 is 1.05 bits per heavy atom. The monoisotopic (exact) mass is 1020 g/mol. The fourth-order valence-electron chi connectivity index (χ4n) is 11.4. The maximum Gasteiger partial charge on any atom is 0.136 e. The molecule has 0 aliphatic heterocycles. The van der Waals surface area contributed by atoms with Crippen LogP contribution in [0.4, 0.5) is 34.1 Å². The lowest BCUT2D eigenvalue weighted by Crippen LogP contribution is -2.13. The van der Waals surface area contributed by atoms with Gasteiger partial charge in [-0.05, 0) is 150 Å². The molecule has 0 unspecified atom stereocenters. The second-order valence-corrected chi connectivity index (χ2v) is 23.0. The Kier molecular flexibility index (Phi) is 12.4. The number of anilines is 6. The summed E-state index contributed by atoms with van der Waals surface area (Å²) in [6.07, 6.45) is 0. The third-order valence-corrected chi connectivity index (χ3v) is 15.7. The van der Waals surface area contributed by atoms with E-state index in [0.29, 0.717) is 0 Å². The second-order valence-electron chi connectivity index (χ2n) is 23.0. The smallest absolute Gasteiger partial charge is 0.136 e. The van der Waals surface area contributed by atoms with E-state index in [0.717, 1.165) is 99.9 Å². The molecule has 0 radical (unpaired) electrons. The zero-order valence-corrected chi connectivity index (χ0v) is 45.7. The number of rotatable bonds is 10. The van der Waals surface area contributed by atoms with Crippen LogP contribution in [0.5, 0.6) is 0 Å². The van der Waals surface area contributed by atoms with Gasteiger partial charge in [-0.25, -0.2) is 0 Å². The highest BCUT2D eigenvalue weighted by atomic mass is 16.3. The Morgan fingerprint density at radius 1 is 0.266 bits per heavy atom.